The highest BCUT2D eigenvalue weighted by Crippen LogP contribution is 2.31. The summed E-state index contributed by atoms with van der Waals surface area (Å²) in [4.78, 5) is 0. The van der Waals surface area contributed by atoms with Crippen molar-refractivity contribution in [2.24, 2.45) is 0 Å². The Balaban J connectivity index is 1.92. The predicted molar refractivity (Wildman–Crippen MR) is 88.7 cm³/mol. The molecule has 1 fully saturated rings. The second-order valence-electron chi connectivity index (χ2n) is 5.75. The number of aryl methyl sites for hydroxylation is 1. The molecule has 108 valence electrons. The third-order valence-electron chi connectivity index (χ3n) is 4.56. The Morgan fingerprint density at radius 1 is 1.05 bits per heavy atom. The van der Waals surface area contributed by atoms with E-state index in [0.717, 1.165) is 26.2 Å². The summed E-state index contributed by atoms with van der Waals surface area (Å²) < 4.78 is 2.40. The second-order valence-corrected chi connectivity index (χ2v) is 5.75. The maximum Gasteiger partial charge on any atom is 0.0491 e. The quantitative estimate of drug-likeness (QED) is 0.755. The lowest BCUT2D eigenvalue weighted by Gasteiger charge is -2.25. The first kappa shape index (κ1) is 12.9. The van der Waals surface area contributed by atoms with Crippen LogP contribution in [0.1, 0.15) is 18.5 Å². The molecule has 0 spiro atoms. The van der Waals surface area contributed by atoms with Crippen molar-refractivity contribution in [2.45, 2.75) is 19.5 Å². The summed E-state index contributed by atoms with van der Waals surface area (Å²) in [7, 11) is 0. The molecule has 0 unspecified atom stereocenters. The van der Waals surface area contributed by atoms with E-state index in [4.69, 9.17) is 0 Å². The molecule has 2 aromatic carbocycles. The Labute approximate surface area is 124 Å². The summed E-state index contributed by atoms with van der Waals surface area (Å²) in [6, 6.07) is 16.1. The number of rotatable bonds is 2. The lowest BCUT2D eigenvalue weighted by Crippen LogP contribution is -2.42. The highest BCUT2D eigenvalue weighted by atomic mass is 15.1. The van der Waals surface area contributed by atoms with Gasteiger partial charge in [0.05, 0.1) is 0 Å². The van der Waals surface area contributed by atoms with Crippen LogP contribution in [0.25, 0.3) is 21.8 Å². The molecule has 3 heteroatoms. The van der Waals surface area contributed by atoms with Gasteiger partial charge in [-0.25, -0.2) is 0 Å². The monoisotopic (exact) mass is 279 g/mol. The average Bonchev–Trinajstić information content (AvgIpc) is 2.88. The van der Waals surface area contributed by atoms with Crippen molar-refractivity contribution in [3.8, 4) is 0 Å². The number of aromatic nitrogens is 1. The summed E-state index contributed by atoms with van der Waals surface area (Å²) in [5, 5.41) is 9.80. The fourth-order valence-corrected chi connectivity index (χ4v) is 3.52. The van der Waals surface area contributed by atoms with Crippen LogP contribution in [0.4, 0.5) is 0 Å². The minimum atomic E-state index is 0.423. The molecule has 1 aliphatic rings. The van der Waals surface area contributed by atoms with E-state index in [1.165, 1.54) is 27.4 Å². The van der Waals surface area contributed by atoms with Crippen molar-refractivity contribution in [3.63, 3.8) is 0 Å². The first-order chi connectivity index (χ1) is 10.4. The first-order valence-corrected chi connectivity index (χ1v) is 7.83. The van der Waals surface area contributed by atoms with Gasteiger partial charge in [0, 0.05) is 54.0 Å². The van der Waals surface area contributed by atoms with Gasteiger partial charge in [0.15, 0.2) is 0 Å². The maximum atomic E-state index is 3.60. The van der Waals surface area contributed by atoms with Gasteiger partial charge < -0.3 is 15.2 Å². The number of para-hydroxylation sites is 1. The molecule has 0 amide bonds. The summed E-state index contributed by atoms with van der Waals surface area (Å²) in [5.41, 5.74) is 4.06. The van der Waals surface area contributed by atoms with E-state index in [0.29, 0.717) is 6.04 Å². The Bertz CT molecular complexity index is 782. The molecule has 3 nitrogen and oxygen atoms in total. The number of benzene rings is 2. The smallest absolute Gasteiger partial charge is 0.0491 e. The van der Waals surface area contributed by atoms with Gasteiger partial charge in [-0.1, -0.05) is 24.3 Å². The molecule has 0 aliphatic carbocycles. The Hall–Kier alpha value is -1.84. The Kier molecular flexibility index (Phi) is 3.17. The van der Waals surface area contributed by atoms with Crippen molar-refractivity contribution < 1.29 is 0 Å². The minimum Gasteiger partial charge on any atom is -0.341 e. The molecular formula is C18H21N3. The van der Waals surface area contributed by atoms with Crippen molar-refractivity contribution in [1.29, 1.82) is 0 Å². The van der Waals surface area contributed by atoms with Gasteiger partial charge in [-0.2, -0.15) is 0 Å². The van der Waals surface area contributed by atoms with Crippen molar-refractivity contribution in [3.05, 3.63) is 48.0 Å². The zero-order valence-electron chi connectivity index (χ0n) is 12.4. The number of nitrogens with zero attached hydrogens (tertiary/aromatic N) is 1. The van der Waals surface area contributed by atoms with Crippen LogP contribution in [0.5, 0.6) is 0 Å². The Morgan fingerprint density at radius 2 is 1.90 bits per heavy atom. The molecule has 0 saturated carbocycles. The van der Waals surface area contributed by atoms with Crippen LogP contribution in [0.3, 0.4) is 0 Å². The lowest BCUT2D eigenvalue weighted by atomic mass is 10.0. The number of piperazine rings is 1. The summed E-state index contributed by atoms with van der Waals surface area (Å²) in [6.07, 6.45) is 0. The molecule has 2 N–H and O–H groups in total. The van der Waals surface area contributed by atoms with Gasteiger partial charge in [0.25, 0.3) is 0 Å². The van der Waals surface area contributed by atoms with Gasteiger partial charge in [0.2, 0.25) is 0 Å². The van der Waals surface area contributed by atoms with Crippen molar-refractivity contribution >= 4 is 21.8 Å². The minimum absolute atomic E-state index is 0.423. The molecule has 1 atom stereocenters. The largest absolute Gasteiger partial charge is 0.341 e. The summed E-state index contributed by atoms with van der Waals surface area (Å²) in [6.45, 7) is 6.34. The molecule has 1 aliphatic heterocycles. The van der Waals surface area contributed by atoms with Crippen LogP contribution in [0, 0.1) is 0 Å². The molecule has 0 bridgehead atoms. The van der Waals surface area contributed by atoms with Gasteiger partial charge in [-0.3, -0.25) is 0 Å². The van der Waals surface area contributed by atoms with E-state index in [1.54, 1.807) is 0 Å². The molecule has 1 aromatic heterocycles. The average molecular weight is 279 g/mol. The molecule has 0 radical (unpaired) electrons. The zero-order chi connectivity index (χ0) is 14.2. The summed E-state index contributed by atoms with van der Waals surface area (Å²) >= 11 is 0. The van der Waals surface area contributed by atoms with Crippen LogP contribution >= 0.6 is 0 Å². The number of hydrogen-bond acceptors (Lipinski definition) is 2. The fraction of sp³-hybridized carbons (Fsp3) is 0.333. The van der Waals surface area contributed by atoms with Gasteiger partial charge in [-0.05, 0) is 30.7 Å². The van der Waals surface area contributed by atoms with E-state index < -0.39 is 0 Å². The molecule has 3 aromatic rings. The number of hydrogen-bond donors (Lipinski definition) is 2. The van der Waals surface area contributed by atoms with E-state index in [2.05, 4.69) is 64.6 Å². The number of nitrogens with one attached hydrogen (secondary N) is 2. The third-order valence-corrected chi connectivity index (χ3v) is 4.56. The van der Waals surface area contributed by atoms with E-state index >= 15 is 0 Å². The molecule has 4 rings (SSSR count). The molecule has 2 heterocycles. The normalized spacial score (nSPS) is 19.4. The SMILES string of the molecule is CCn1c2ccccc2c2cc([C@@H]3CNCCN3)ccc21. The van der Waals surface area contributed by atoms with Crippen LogP contribution in [0.2, 0.25) is 0 Å². The standard InChI is InChI=1S/C18H21N3/c1-2-21-17-6-4-3-5-14(17)15-11-13(7-8-18(15)21)16-12-19-9-10-20-16/h3-8,11,16,19-20H,2,9-10,12H2,1H3/t16-/m0/s1. The van der Waals surface area contributed by atoms with Crippen molar-refractivity contribution in [2.75, 3.05) is 19.6 Å². The van der Waals surface area contributed by atoms with Crippen LogP contribution in [0.15, 0.2) is 42.5 Å². The molecule has 21 heavy (non-hydrogen) atoms. The number of fused-ring (bicyclic) bond motifs is 3. The molecule has 1 saturated heterocycles. The fourth-order valence-electron chi connectivity index (χ4n) is 3.52. The van der Waals surface area contributed by atoms with E-state index in [9.17, 15) is 0 Å². The highest BCUT2D eigenvalue weighted by molar-refractivity contribution is 6.08. The maximum absolute atomic E-state index is 3.60. The van der Waals surface area contributed by atoms with Gasteiger partial charge >= 0.3 is 0 Å². The lowest BCUT2D eigenvalue weighted by molar-refractivity contribution is 0.430. The van der Waals surface area contributed by atoms with E-state index in [1.807, 2.05) is 0 Å². The first-order valence-electron chi connectivity index (χ1n) is 7.83. The topological polar surface area (TPSA) is 29.0 Å². The van der Waals surface area contributed by atoms with Crippen LogP contribution < -0.4 is 10.6 Å². The second kappa shape index (κ2) is 5.17. The van der Waals surface area contributed by atoms with Crippen LogP contribution in [-0.4, -0.2) is 24.2 Å². The summed E-state index contributed by atoms with van der Waals surface area (Å²) in [5.74, 6) is 0. The van der Waals surface area contributed by atoms with E-state index in [-0.39, 0.29) is 0 Å². The zero-order valence-corrected chi connectivity index (χ0v) is 12.4. The predicted octanol–water partition coefficient (Wildman–Crippen LogP) is 3.05. The van der Waals surface area contributed by atoms with Crippen molar-refractivity contribution in [1.82, 2.24) is 15.2 Å². The van der Waals surface area contributed by atoms with Crippen LogP contribution in [-0.2, 0) is 6.54 Å². The van der Waals surface area contributed by atoms with Gasteiger partial charge in [-0.15, -0.1) is 0 Å². The molecular weight excluding hydrogens is 258 g/mol. The highest BCUT2D eigenvalue weighted by Gasteiger charge is 2.16. The van der Waals surface area contributed by atoms with Gasteiger partial charge in [0.1, 0.15) is 0 Å². The Morgan fingerprint density at radius 3 is 2.71 bits per heavy atom. The third kappa shape index (κ3) is 2.04.